The second kappa shape index (κ2) is 9.89. The average molecular weight is 285 g/mol. The molecule has 16 heavy (non-hydrogen) atoms. The molecule has 92 valence electrons. The minimum Gasteiger partial charge on any atom is -0.0883 e. The quantitative estimate of drug-likeness (QED) is 0.322. The molecular formula is C15H25Br. The Kier molecular flexibility index (Phi) is 9.71. The van der Waals surface area contributed by atoms with Gasteiger partial charge in [0, 0.05) is 5.33 Å². The molecule has 0 aliphatic rings. The highest BCUT2D eigenvalue weighted by Gasteiger charge is 1.97. The van der Waals surface area contributed by atoms with Crippen molar-refractivity contribution in [2.75, 3.05) is 5.33 Å². The molecule has 1 unspecified atom stereocenters. The van der Waals surface area contributed by atoms with Crippen molar-refractivity contribution in [3.8, 4) is 0 Å². The third-order valence-electron chi connectivity index (χ3n) is 2.53. The van der Waals surface area contributed by atoms with Crippen LogP contribution in [0, 0.1) is 5.92 Å². The molecular weight excluding hydrogens is 260 g/mol. The van der Waals surface area contributed by atoms with Gasteiger partial charge >= 0.3 is 0 Å². The molecule has 0 amide bonds. The Hall–Kier alpha value is -0.300. The van der Waals surface area contributed by atoms with Crippen molar-refractivity contribution in [2.45, 2.75) is 47.0 Å². The maximum atomic E-state index is 3.40. The summed E-state index contributed by atoms with van der Waals surface area (Å²) in [7, 11) is 0. The fraction of sp³-hybridized carbons (Fsp3) is 0.600. The van der Waals surface area contributed by atoms with Gasteiger partial charge < -0.3 is 0 Å². The summed E-state index contributed by atoms with van der Waals surface area (Å²) in [5, 5.41) is 0.944. The molecule has 0 aliphatic heterocycles. The highest BCUT2D eigenvalue weighted by atomic mass is 79.9. The zero-order chi connectivity index (χ0) is 12.4. The average Bonchev–Trinajstić information content (AvgIpc) is 2.17. The Morgan fingerprint density at radius 2 is 1.88 bits per heavy atom. The van der Waals surface area contributed by atoms with Crippen molar-refractivity contribution >= 4 is 15.9 Å². The number of halogens is 1. The Labute approximate surface area is 110 Å². The SMILES string of the molecule is CC(C)=CCCC(C)CC=CC(C)=CCBr. The fourth-order valence-electron chi connectivity index (χ4n) is 1.45. The second-order valence-corrected chi connectivity index (χ2v) is 5.35. The first-order chi connectivity index (χ1) is 7.56. The molecule has 0 heterocycles. The van der Waals surface area contributed by atoms with E-state index in [1.165, 1.54) is 30.4 Å². The molecule has 0 rings (SSSR count). The maximum Gasteiger partial charge on any atom is 0.0217 e. The normalized spacial score (nSPS) is 14.2. The summed E-state index contributed by atoms with van der Waals surface area (Å²) in [5.41, 5.74) is 2.77. The van der Waals surface area contributed by atoms with Gasteiger partial charge in [0.1, 0.15) is 0 Å². The van der Waals surface area contributed by atoms with E-state index in [-0.39, 0.29) is 0 Å². The van der Waals surface area contributed by atoms with E-state index in [0.29, 0.717) is 0 Å². The number of rotatable bonds is 7. The van der Waals surface area contributed by atoms with Crippen LogP contribution in [0.3, 0.4) is 0 Å². The van der Waals surface area contributed by atoms with E-state index in [2.05, 4.69) is 67.9 Å². The van der Waals surface area contributed by atoms with Crippen LogP contribution in [-0.2, 0) is 0 Å². The topological polar surface area (TPSA) is 0 Å². The van der Waals surface area contributed by atoms with E-state index in [1.807, 2.05) is 0 Å². The molecule has 0 spiro atoms. The second-order valence-electron chi connectivity index (χ2n) is 4.70. The zero-order valence-corrected chi connectivity index (χ0v) is 12.7. The zero-order valence-electron chi connectivity index (χ0n) is 11.1. The Bertz CT molecular complexity index is 255. The van der Waals surface area contributed by atoms with Crippen LogP contribution in [-0.4, -0.2) is 5.33 Å². The van der Waals surface area contributed by atoms with Crippen LogP contribution in [0.25, 0.3) is 0 Å². The lowest BCUT2D eigenvalue weighted by Gasteiger charge is -2.06. The van der Waals surface area contributed by atoms with Gasteiger partial charge in [0.25, 0.3) is 0 Å². The smallest absolute Gasteiger partial charge is 0.0217 e. The van der Waals surface area contributed by atoms with Crippen LogP contribution in [0.4, 0.5) is 0 Å². The molecule has 0 saturated carbocycles. The summed E-state index contributed by atoms with van der Waals surface area (Å²) in [6.45, 7) is 8.80. The van der Waals surface area contributed by atoms with Crippen molar-refractivity contribution < 1.29 is 0 Å². The van der Waals surface area contributed by atoms with Gasteiger partial charge in [-0.3, -0.25) is 0 Å². The molecule has 0 aromatic rings. The van der Waals surface area contributed by atoms with Crippen LogP contribution < -0.4 is 0 Å². The van der Waals surface area contributed by atoms with Crippen molar-refractivity contribution in [2.24, 2.45) is 5.92 Å². The summed E-state index contributed by atoms with van der Waals surface area (Å²) < 4.78 is 0. The molecule has 0 N–H and O–H groups in total. The van der Waals surface area contributed by atoms with Crippen molar-refractivity contribution in [1.82, 2.24) is 0 Å². The van der Waals surface area contributed by atoms with Crippen LogP contribution >= 0.6 is 15.9 Å². The van der Waals surface area contributed by atoms with Gasteiger partial charge in [0.05, 0.1) is 0 Å². The van der Waals surface area contributed by atoms with Crippen molar-refractivity contribution in [3.63, 3.8) is 0 Å². The molecule has 0 saturated heterocycles. The third kappa shape index (κ3) is 10.2. The summed E-state index contributed by atoms with van der Waals surface area (Å²) >= 11 is 3.40. The molecule has 0 aromatic heterocycles. The summed E-state index contributed by atoms with van der Waals surface area (Å²) in [6, 6.07) is 0. The van der Waals surface area contributed by atoms with E-state index in [1.54, 1.807) is 0 Å². The van der Waals surface area contributed by atoms with Crippen LogP contribution in [0.15, 0.2) is 35.5 Å². The molecule has 0 aliphatic carbocycles. The lowest BCUT2D eigenvalue weighted by Crippen LogP contribution is -1.91. The van der Waals surface area contributed by atoms with E-state index in [0.717, 1.165) is 11.2 Å². The third-order valence-corrected chi connectivity index (χ3v) is 2.85. The number of alkyl halides is 1. The molecule has 0 aromatic carbocycles. The monoisotopic (exact) mass is 284 g/mol. The molecule has 1 atom stereocenters. The molecule has 0 radical (unpaired) electrons. The minimum atomic E-state index is 0.781. The standard InChI is InChI=1S/C15H25Br/c1-13(2)7-5-8-14(3)9-6-10-15(4)11-12-16/h6-7,10-11,14H,5,8-9,12H2,1-4H3. The van der Waals surface area contributed by atoms with Crippen molar-refractivity contribution in [3.05, 3.63) is 35.5 Å². The van der Waals surface area contributed by atoms with E-state index >= 15 is 0 Å². The molecule has 0 bridgehead atoms. The summed E-state index contributed by atoms with van der Waals surface area (Å²) in [5.74, 6) is 0.781. The van der Waals surface area contributed by atoms with Gasteiger partial charge in [0.2, 0.25) is 0 Å². The van der Waals surface area contributed by atoms with Crippen LogP contribution in [0.1, 0.15) is 47.0 Å². The number of allylic oxidation sites excluding steroid dienone is 6. The first kappa shape index (κ1) is 15.7. The van der Waals surface area contributed by atoms with Gasteiger partial charge in [-0.2, -0.15) is 0 Å². The highest BCUT2D eigenvalue weighted by Crippen LogP contribution is 2.13. The predicted octanol–water partition coefficient (Wildman–Crippen LogP) is 5.66. The lowest BCUT2D eigenvalue weighted by atomic mass is 10.0. The van der Waals surface area contributed by atoms with Gasteiger partial charge in [-0.25, -0.2) is 0 Å². The Morgan fingerprint density at radius 1 is 1.19 bits per heavy atom. The first-order valence-electron chi connectivity index (χ1n) is 6.09. The van der Waals surface area contributed by atoms with Crippen LogP contribution in [0.2, 0.25) is 0 Å². The summed E-state index contributed by atoms with van der Waals surface area (Å²) in [4.78, 5) is 0. The largest absolute Gasteiger partial charge is 0.0883 e. The number of hydrogen-bond acceptors (Lipinski definition) is 0. The first-order valence-corrected chi connectivity index (χ1v) is 7.21. The number of hydrogen-bond donors (Lipinski definition) is 0. The van der Waals surface area contributed by atoms with E-state index in [4.69, 9.17) is 0 Å². The molecule has 0 fully saturated rings. The predicted molar refractivity (Wildman–Crippen MR) is 79.1 cm³/mol. The van der Waals surface area contributed by atoms with E-state index < -0.39 is 0 Å². The van der Waals surface area contributed by atoms with Gasteiger partial charge in [0.15, 0.2) is 0 Å². The lowest BCUT2D eigenvalue weighted by molar-refractivity contribution is 0.545. The molecule has 1 heteroatoms. The van der Waals surface area contributed by atoms with Gasteiger partial charge in [-0.1, -0.05) is 58.3 Å². The minimum absolute atomic E-state index is 0.781. The maximum absolute atomic E-state index is 3.40. The summed E-state index contributed by atoms with van der Waals surface area (Å²) in [6.07, 6.45) is 12.7. The fourth-order valence-corrected chi connectivity index (χ4v) is 1.96. The van der Waals surface area contributed by atoms with Gasteiger partial charge in [-0.15, -0.1) is 0 Å². The molecule has 0 nitrogen and oxygen atoms in total. The Balaban J connectivity index is 3.76. The van der Waals surface area contributed by atoms with Crippen LogP contribution in [0.5, 0.6) is 0 Å². The Morgan fingerprint density at radius 3 is 2.44 bits per heavy atom. The van der Waals surface area contributed by atoms with Crippen molar-refractivity contribution in [1.29, 1.82) is 0 Å². The highest BCUT2D eigenvalue weighted by molar-refractivity contribution is 9.09. The van der Waals surface area contributed by atoms with E-state index in [9.17, 15) is 0 Å². The van der Waals surface area contributed by atoms with Gasteiger partial charge in [-0.05, 0) is 46.0 Å².